The average Bonchev–Trinajstić information content (AvgIpc) is 2.75. The molecule has 0 aromatic carbocycles. The molecule has 98 valence electrons. The van der Waals surface area contributed by atoms with Crippen LogP contribution in [0.3, 0.4) is 0 Å². The molecule has 0 bridgehead atoms. The smallest absolute Gasteiger partial charge is 0.0929 e. The first kappa shape index (κ1) is 14.9. The summed E-state index contributed by atoms with van der Waals surface area (Å²) >= 11 is 7.40. The Morgan fingerprint density at radius 2 is 2.24 bits per heavy atom. The molecular weight excluding hydrogens is 256 g/mol. The predicted molar refractivity (Wildman–Crippen MR) is 73.8 cm³/mol. The molecule has 0 unspecified atom stereocenters. The van der Waals surface area contributed by atoms with Crippen molar-refractivity contribution in [3.8, 4) is 0 Å². The molecule has 0 amide bonds. The van der Waals surface area contributed by atoms with Crippen molar-refractivity contribution in [1.82, 2.24) is 9.88 Å². The molecule has 0 aliphatic heterocycles. The van der Waals surface area contributed by atoms with Crippen molar-refractivity contribution in [3.63, 3.8) is 0 Å². The van der Waals surface area contributed by atoms with Gasteiger partial charge in [-0.2, -0.15) is 0 Å². The highest BCUT2D eigenvalue weighted by Crippen LogP contribution is 2.13. The van der Waals surface area contributed by atoms with Crippen molar-refractivity contribution in [1.29, 1.82) is 0 Å². The summed E-state index contributed by atoms with van der Waals surface area (Å²) in [5, 5.41) is 12.2. The van der Waals surface area contributed by atoms with Gasteiger partial charge in [0.05, 0.1) is 23.2 Å². The molecule has 0 fully saturated rings. The standard InChI is InChI=1S/C12H21ClN2OS/c1-10(2)15(6-7-16)5-3-4-12-14-11(8-13)9-17-12/h9-10,16H,3-8H2,1-2H3. The van der Waals surface area contributed by atoms with Crippen molar-refractivity contribution in [2.75, 3.05) is 19.7 Å². The lowest BCUT2D eigenvalue weighted by Crippen LogP contribution is -2.34. The first-order valence-electron chi connectivity index (χ1n) is 6.01. The maximum Gasteiger partial charge on any atom is 0.0929 e. The van der Waals surface area contributed by atoms with Crippen molar-refractivity contribution < 1.29 is 5.11 Å². The van der Waals surface area contributed by atoms with E-state index >= 15 is 0 Å². The van der Waals surface area contributed by atoms with Gasteiger partial charge in [-0.25, -0.2) is 4.98 Å². The van der Waals surface area contributed by atoms with Crippen LogP contribution >= 0.6 is 22.9 Å². The van der Waals surface area contributed by atoms with E-state index in [9.17, 15) is 0 Å². The van der Waals surface area contributed by atoms with E-state index in [1.165, 1.54) is 0 Å². The summed E-state index contributed by atoms with van der Waals surface area (Å²) in [5.74, 6) is 0.499. The van der Waals surface area contributed by atoms with E-state index in [0.29, 0.717) is 11.9 Å². The number of alkyl halides is 1. The Bertz CT molecular complexity index is 317. The SMILES string of the molecule is CC(C)N(CCO)CCCc1nc(CCl)cs1. The Labute approximate surface area is 112 Å². The second kappa shape index (κ2) is 8.03. The molecule has 1 aromatic heterocycles. The summed E-state index contributed by atoms with van der Waals surface area (Å²) in [6.45, 7) is 6.30. The van der Waals surface area contributed by atoms with Gasteiger partial charge in [-0.05, 0) is 26.8 Å². The summed E-state index contributed by atoms with van der Waals surface area (Å²) in [7, 11) is 0. The van der Waals surface area contributed by atoms with Crippen LogP contribution in [-0.2, 0) is 12.3 Å². The number of halogens is 1. The molecule has 1 aromatic rings. The van der Waals surface area contributed by atoms with E-state index < -0.39 is 0 Å². The van der Waals surface area contributed by atoms with Gasteiger partial charge in [0, 0.05) is 24.4 Å². The van der Waals surface area contributed by atoms with Gasteiger partial charge in [0.25, 0.3) is 0 Å². The van der Waals surface area contributed by atoms with Crippen molar-refractivity contribution in [2.45, 2.75) is 38.6 Å². The van der Waals surface area contributed by atoms with Gasteiger partial charge in [-0.1, -0.05) is 0 Å². The lowest BCUT2D eigenvalue weighted by atomic mass is 10.2. The van der Waals surface area contributed by atoms with Crippen LogP contribution in [0.5, 0.6) is 0 Å². The van der Waals surface area contributed by atoms with Crippen LogP contribution in [-0.4, -0.2) is 40.7 Å². The third-order valence-electron chi connectivity index (χ3n) is 2.69. The Morgan fingerprint density at radius 1 is 1.47 bits per heavy atom. The van der Waals surface area contributed by atoms with E-state index in [0.717, 1.165) is 36.6 Å². The molecule has 0 spiro atoms. The summed E-state index contributed by atoms with van der Waals surface area (Å²) in [6.07, 6.45) is 2.07. The quantitative estimate of drug-likeness (QED) is 0.741. The number of nitrogens with zero attached hydrogens (tertiary/aromatic N) is 2. The molecule has 1 rings (SSSR count). The monoisotopic (exact) mass is 276 g/mol. The zero-order valence-corrected chi connectivity index (χ0v) is 12.1. The number of thiazole rings is 1. The van der Waals surface area contributed by atoms with Gasteiger partial charge >= 0.3 is 0 Å². The molecule has 17 heavy (non-hydrogen) atoms. The second-order valence-electron chi connectivity index (χ2n) is 4.32. The summed E-state index contributed by atoms with van der Waals surface area (Å²) < 4.78 is 0. The fourth-order valence-electron chi connectivity index (χ4n) is 1.72. The third-order valence-corrected chi connectivity index (χ3v) is 3.92. The number of hydrogen-bond acceptors (Lipinski definition) is 4. The number of aliphatic hydroxyl groups is 1. The number of aryl methyl sites for hydroxylation is 1. The minimum atomic E-state index is 0.228. The lowest BCUT2D eigenvalue weighted by Gasteiger charge is -2.25. The van der Waals surface area contributed by atoms with E-state index in [1.807, 2.05) is 5.38 Å². The third kappa shape index (κ3) is 5.34. The molecule has 0 saturated carbocycles. The van der Waals surface area contributed by atoms with Crippen LogP contribution in [0.25, 0.3) is 0 Å². The Kier molecular flexibility index (Phi) is 7.04. The summed E-state index contributed by atoms with van der Waals surface area (Å²) in [5.41, 5.74) is 0.975. The van der Waals surface area contributed by atoms with Crippen molar-refractivity contribution >= 4 is 22.9 Å². The van der Waals surface area contributed by atoms with Gasteiger partial charge < -0.3 is 5.11 Å². The number of aliphatic hydroxyl groups excluding tert-OH is 1. The van der Waals surface area contributed by atoms with Gasteiger partial charge in [-0.3, -0.25) is 4.90 Å². The molecular formula is C12H21ClN2OS. The Morgan fingerprint density at radius 3 is 2.76 bits per heavy atom. The summed E-state index contributed by atoms with van der Waals surface area (Å²) in [4.78, 5) is 6.72. The van der Waals surface area contributed by atoms with E-state index in [2.05, 4.69) is 23.7 Å². The highest BCUT2D eigenvalue weighted by atomic mass is 35.5. The highest BCUT2D eigenvalue weighted by Gasteiger charge is 2.08. The molecule has 1 heterocycles. The molecule has 5 heteroatoms. The minimum Gasteiger partial charge on any atom is -0.395 e. The zero-order chi connectivity index (χ0) is 12.7. The highest BCUT2D eigenvalue weighted by molar-refractivity contribution is 7.09. The van der Waals surface area contributed by atoms with Crippen LogP contribution in [0.4, 0.5) is 0 Å². The van der Waals surface area contributed by atoms with Gasteiger partial charge in [0.1, 0.15) is 0 Å². The molecule has 0 radical (unpaired) electrons. The maximum absolute atomic E-state index is 8.97. The van der Waals surface area contributed by atoms with Crippen LogP contribution in [0.1, 0.15) is 31.0 Å². The molecule has 3 nitrogen and oxygen atoms in total. The van der Waals surface area contributed by atoms with Gasteiger partial charge in [0.2, 0.25) is 0 Å². The van der Waals surface area contributed by atoms with E-state index in [4.69, 9.17) is 16.7 Å². The fourth-order valence-corrected chi connectivity index (χ4v) is 2.78. The molecule has 0 aliphatic carbocycles. The molecule has 1 N–H and O–H groups in total. The number of hydrogen-bond donors (Lipinski definition) is 1. The Balaban J connectivity index is 2.30. The van der Waals surface area contributed by atoms with Crippen LogP contribution in [0.15, 0.2) is 5.38 Å². The van der Waals surface area contributed by atoms with Crippen LogP contribution in [0, 0.1) is 0 Å². The van der Waals surface area contributed by atoms with Crippen molar-refractivity contribution in [3.05, 3.63) is 16.1 Å². The topological polar surface area (TPSA) is 36.4 Å². The van der Waals surface area contributed by atoms with E-state index in [-0.39, 0.29) is 6.61 Å². The van der Waals surface area contributed by atoms with Crippen LogP contribution < -0.4 is 0 Å². The maximum atomic E-state index is 8.97. The molecule has 0 atom stereocenters. The normalized spacial score (nSPS) is 11.6. The largest absolute Gasteiger partial charge is 0.395 e. The summed E-state index contributed by atoms with van der Waals surface area (Å²) in [6, 6.07) is 0.483. The Hall–Kier alpha value is -0.160. The van der Waals surface area contributed by atoms with Gasteiger partial charge in [-0.15, -0.1) is 22.9 Å². The van der Waals surface area contributed by atoms with Crippen molar-refractivity contribution in [2.24, 2.45) is 0 Å². The number of aromatic nitrogens is 1. The average molecular weight is 277 g/mol. The molecule has 0 aliphatic rings. The first-order valence-corrected chi connectivity index (χ1v) is 7.43. The minimum absolute atomic E-state index is 0.228. The van der Waals surface area contributed by atoms with E-state index in [1.54, 1.807) is 11.3 Å². The fraction of sp³-hybridized carbons (Fsp3) is 0.750. The second-order valence-corrected chi connectivity index (χ2v) is 5.53. The van der Waals surface area contributed by atoms with Crippen LogP contribution in [0.2, 0.25) is 0 Å². The number of rotatable bonds is 8. The first-order chi connectivity index (χ1) is 8.17. The predicted octanol–water partition coefficient (Wildman–Crippen LogP) is 2.52. The lowest BCUT2D eigenvalue weighted by molar-refractivity contribution is 0.164. The zero-order valence-electron chi connectivity index (χ0n) is 10.5. The molecule has 0 saturated heterocycles. The van der Waals surface area contributed by atoms with Gasteiger partial charge in [0.15, 0.2) is 0 Å².